The number of aromatic nitrogens is 3. The zero-order valence-corrected chi connectivity index (χ0v) is 19.6. The van der Waals surface area contributed by atoms with Crippen molar-refractivity contribution in [1.82, 2.24) is 19.4 Å². The molecule has 4 aromatic rings. The van der Waals surface area contributed by atoms with Crippen LogP contribution in [0.1, 0.15) is 5.56 Å². The fourth-order valence-corrected chi connectivity index (χ4v) is 4.20. The summed E-state index contributed by atoms with van der Waals surface area (Å²) in [6.07, 6.45) is 3.34. The second-order valence-electron chi connectivity index (χ2n) is 8.60. The van der Waals surface area contributed by atoms with Crippen molar-refractivity contribution in [3.63, 3.8) is 0 Å². The first-order chi connectivity index (χ1) is 17.4. The van der Waals surface area contributed by atoms with E-state index in [9.17, 15) is 18.4 Å². The molecule has 5 rings (SSSR count). The number of benzene rings is 2. The minimum Gasteiger partial charge on any atom is -0.330 e. The summed E-state index contributed by atoms with van der Waals surface area (Å²) >= 11 is 0. The summed E-state index contributed by atoms with van der Waals surface area (Å²) in [6.45, 7) is 2.26. The summed E-state index contributed by atoms with van der Waals surface area (Å²) in [6, 6.07) is 15.9. The van der Waals surface area contributed by atoms with Crippen molar-refractivity contribution in [3.05, 3.63) is 90.3 Å². The number of carbonyl (C=O) groups excluding carboxylic acids is 2. The molecule has 0 N–H and O–H groups in total. The number of hydrogen-bond acceptors (Lipinski definition) is 4. The Morgan fingerprint density at radius 2 is 1.78 bits per heavy atom. The van der Waals surface area contributed by atoms with E-state index >= 15 is 0 Å². The highest BCUT2D eigenvalue weighted by molar-refractivity contribution is 5.97. The topological polar surface area (TPSA) is 71.3 Å². The van der Waals surface area contributed by atoms with Crippen molar-refractivity contribution in [2.75, 3.05) is 24.5 Å². The number of aryl methyl sites for hydroxylation is 1. The van der Waals surface area contributed by atoms with Gasteiger partial charge in [0.1, 0.15) is 36.4 Å². The van der Waals surface area contributed by atoms with Gasteiger partial charge in [-0.2, -0.15) is 0 Å². The number of piperazine rings is 1. The van der Waals surface area contributed by atoms with Crippen LogP contribution in [-0.2, 0) is 16.1 Å². The van der Waals surface area contributed by atoms with Crippen LogP contribution in [0, 0.1) is 18.6 Å². The van der Waals surface area contributed by atoms with Crippen LogP contribution in [0.3, 0.4) is 0 Å². The molecule has 1 aliphatic heterocycles. The average Bonchev–Trinajstić information content (AvgIpc) is 3.30. The van der Waals surface area contributed by atoms with Gasteiger partial charge in [0.25, 0.3) is 0 Å². The van der Waals surface area contributed by atoms with Crippen molar-refractivity contribution in [2.45, 2.75) is 13.5 Å². The van der Waals surface area contributed by atoms with Crippen molar-refractivity contribution >= 4 is 17.6 Å². The van der Waals surface area contributed by atoms with E-state index in [2.05, 4.69) is 9.97 Å². The maximum absolute atomic E-state index is 13.8. The number of carbonyl (C=O) groups is 2. The lowest BCUT2D eigenvalue weighted by Gasteiger charge is -2.33. The van der Waals surface area contributed by atoms with Gasteiger partial charge in [0.15, 0.2) is 0 Å². The number of hydrogen-bond donors (Lipinski definition) is 0. The third-order valence-electron chi connectivity index (χ3n) is 6.14. The van der Waals surface area contributed by atoms with E-state index < -0.39 is 0 Å². The van der Waals surface area contributed by atoms with Crippen molar-refractivity contribution in [1.29, 1.82) is 0 Å². The molecule has 7 nitrogen and oxygen atoms in total. The predicted molar refractivity (Wildman–Crippen MR) is 131 cm³/mol. The maximum Gasteiger partial charge on any atom is 0.247 e. The number of imidazole rings is 1. The molecule has 0 saturated carbocycles. The van der Waals surface area contributed by atoms with Gasteiger partial charge in [-0.25, -0.2) is 18.7 Å². The molecular weight excluding hydrogens is 464 g/mol. The second kappa shape index (κ2) is 9.69. The summed E-state index contributed by atoms with van der Waals surface area (Å²) in [7, 11) is 0. The third kappa shape index (κ3) is 4.72. The summed E-state index contributed by atoms with van der Waals surface area (Å²) in [5.74, 6) is -0.124. The largest absolute Gasteiger partial charge is 0.330 e. The molecule has 1 fully saturated rings. The highest BCUT2D eigenvalue weighted by atomic mass is 19.1. The van der Waals surface area contributed by atoms with Gasteiger partial charge in [0.05, 0.1) is 5.69 Å². The van der Waals surface area contributed by atoms with E-state index in [0.29, 0.717) is 47.1 Å². The summed E-state index contributed by atoms with van der Waals surface area (Å²) in [5.41, 5.74) is 2.36. The van der Waals surface area contributed by atoms with Gasteiger partial charge in [0, 0.05) is 36.6 Å². The zero-order valence-electron chi connectivity index (χ0n) is 19.6. The number of anilines is 1. The Balaban J connectivity index is 1.40. The van der Waals surface area contributed by atoms with Gasteiger partial charge < -0.3 is 9.47 Å². The fourth-order valence-electron chi connectivity index (χ4n) is 4.20. The van der Waals surface area contributed by atoms with Crippen LogP contribution in [-0.4, -0.2) is 50.9 Å². The van der Waals surface area contributed by atoms with Crippen molar-refractivity contribution < 1.29 is 18.4 Å². The van der Waals surface area contributed by atoms with Crippen molar-refractivity contribution in [2.24, 2.45) is 0 Å². The molecule has 2 aromatic heterocycles. The monoisotopic (exact) mass is 487 g/mol. The Morgan fingerprint density at radius 3 is 2.47 bits per heavy atom. The molecule has 36 heavy (non-hydrogen) atoms. The Hall–Kier alpha value is -4.40. The molecule has 1 saturated heterocycles. The minimum absolute atomic E-state index is 0.0556. The molecule has 2 aromatic carbocycles. The molecule has 9 heteroatoms. The quantitative estimate of drug-likeness (QED) is 0.426. The second-order valence-corrected chi connectivity index (χ2v) is 8.60. The van der Waals surface area contributed by atoms with Gasteiger partial charge in [-0.3, -0.25) is 14.5 Å². The highest BCUT2D eigenvalue weighted by Crippen LogP contribution is 2.27. The number of nitrogens with zero attached hydrogens (tertiary/aromatic N) is 5. The molecule has 0 aliphatic carbocycles. The maximum atomic E-state index is 13.8. The summed E-state index contributed by atoms with van der Waals surface area (Å²) in [4.78, 5) is 37.9. The lowest BCUT2D eigenvalue weighted by atomic mass is 10.1. The number of halogens is 2. The average molecular weight is 488 g/mol. The molecule has 0 spiro atoms. The summed E-state index contributed by atoms with van der Waals surface area (Å²) < 4.78 is 29.0. The molecule has 2 amide bonds. The van der Waals surface area contributed by atoms with Crippen LogP contribution in [0.15, 0.2) is 73.1 Å². The van der Waals surface area contributed by atoms with Crippen LogP contribution in [0.2, 0.25) is 0 Å². The van der Waals surface area contributed by atoms with Gasteiger partial charge in [-0.15, -0.1) is 0 Å². The summed E-state index contributed by atoms with van der Waals surface area (Å²) in [5, 5.41) is 0. The molecular formula is C27H23F2N5O2. The van der Waals surface area contributed by atoms with Crippen LogP contribution in [0.25, 0.3) is 22.6 Å². The number of rotatable bonds is 5. The molecule has 0 bridgehead atoms. The van der Waals surface area contributed by atoms with E-state index in [-0.39, 0.29) is 36.5 Å². The molecule has 182 valence electrons. The van der Waals surface area contributed by atoms with E-state index in [1.807, 2.05) is 6.07 Å². The van der Waals surface area contributed by atoms with Gasteiger partial charge in [0.2, 0.25) is 11.8 Å². The van der Waals surface area contributed by atoms with Crippen LogP contribution >= 0.6 is 0 Å². The SMILES string of the molecule is Cc1cc(-c2cn(CC(=O)N3CCN(c4ccccn4)C(=O)C3)c(-c3ccc(F)cc3)n2)ccc1F. The molecule has 0 unspecified atom stereocenters. The standard InChI is InChI=1S/C27H23F2N5O2/c1-18-14-20(7-10-22(18)29)23-15-33(27(31-23)19-5-8-21(28)9-6-19)16-25(35)32-12-13-34(26(36)17-32)24-4-2-3-11-30-24/h2-11,14-15H,12-13,16-17H2,1H3. The Bertz CT molecular complexity index is 1420. The van der Waals surface area contributed by atoms with Crippen LogP contribution in [0.5, 0.6) is 0 Å². The zero-order chi connectivity index (χ0) is 25.2. The molecule has 0 radical (unpaired) electrons. The first kappa shape index (κ1) is 23.3. The van der Waals surface area contributed by atoms with Gasteiger partial charge in [-0.1, -0.05) is 6.07 Å². The molecule has 0 atom stereocenters. The van der Waals surface area contributed by atoms with Gasteiger partial charge in [-0.05, 0) is 67.1 Å². The van der Waals surface area contributed by atoms with Crippen LogP contribution in [0.4, 0.5) is 14.6 Å². The third-order valence-corrected chi connectivity index (χ3v) is 6.14. The first-order valence-electron chi connectivity index (χ1n) is 11.5. The number of amides is 2. The smallest absolute Gasteiger partial charge is 0.247 e. The predicted octanol–water partition coefficient (Wildman–Crippen LogP) is 4.07. The van der Waals surface area contributed by atoms with E-state index in [1.165, 1.54) is 23.1 Å². The Labute approximate surface area is 206 Å². The number of pyridine rings is 1. The van der Waals surface area contributed by atoms with E-state index in [1.54, 1.807) is 65.2 Å². The lowest BCUT2D eigenvalue weighted by Crippen LogP contribution is -2.53. The first-order valence-corrected chi connectivity index (χ1v) is 11.5. The minimum atomic E-state index is -0.383. The van der Waals surface area contributed by atoms with E-state index in [0.717, 1.165) is 0 Å². The van der Waals surface area contributed by atoms with Crippen molar-refractivity contribution in [3.8, 4) is 22.6 Å². The Morgan fingerprint density at radius 1 is 1.00 bits per heavy atom. The molecule has 3 heterocycles. The van der Waals surface area contributed by atoms with Crippen LogP contribution < -0.4 is 4.90 Å². The lowest BCUT2D eigenvalue weighted by molar-refractivity contribution is -0.137. The Kier molecular flexibility index (Phi) is 6.28. The fraction of sp³-hybridized carbons (Fsp3) is 0.185. The normalized spacial score (nSPS) is 13.8. The van der Waals surface area contributed by atoms with E-state index in [4.69, 9.17) is 0 Å². The van der Waals surface area contributed by atoms with Gasteiger partial charge >= 0.3 is 0 Å². The molecule has 1 aliphatic rings. The highest BCUT2D eigenvalue weighted by Gasteiger charge is 2.29.